The van der Waals surface area contributed by atoms with Crippen LogP contribution < -0.4 is 5.32 Å². The normalized spacial score (nSPS) is 48.3. The third-order valence-electron chi connectivity index (χ3n) is 2.71. The lowest BCUT2D eigenvalue weighted by molar-refractivity contribution is 0.273. The fourth-order valence-electron chi connectivity index (χ4n) is 2.14. The Morgan fingerprint density at radius 1 is 1.44 bits per heavy atom. The Morgan fingerprint density at radius 3 is 2.67 bits per heavy atom. The highest BCUT2D eigenvalue weighted by Gasteiger charge is 2.38. The maximum absolute atomic E-state index is 12.1. The number of alkyl halides is 1. The van der Waals surface area contributed by atoms with E-state index in [0.29, 0.717) is 17.9 Å². The minimum atomic E-state index is -0.0944. The molecule has 1 nitrogen and oxygen atoms in total. The average Bonchev–Trinajstić information content (AvgIpc) is 2.45. The Balaban J connectivity index is 2.01. The number of hydrogen-bond acceptors (Lipinski definition) is 1. The summed E-state index contributed by atoms with van der Waals surface area (Å²) in [6.45, 7) is 0.974. The molecule has 2 aliphatic rings. The van der Waals surface area contributed by atoms with Gasteiger partial charge in [-0.25, -0.2) is 0 Å². The monoisotopic (exact) mass is 129 g/mol. The molecule has 2 heteroatoms. The molecular formula is C7H12FN. The van der Waals surface area contributed by atoms with Gasteiger partial charge < -0.3 is 5.32 Å². The van der Waals surface area contributed by atoms with Crippen molar-refractivity contribution in [2.45, 2.75) is 18.9 Å². The van der Waals surface area contributed by atoms with Gasteiger partial charge in [-0.2, -0.15) is 0 Å². The molecule has 2 fully saturated rings. The maximum atomic E-state index is 12.1. The van der Waals surface area contributed by atoms with Gasteiger partial charge in [0.1, 0.15) is 0 Å². The molecule has 0 aromatic carbocycles. The Kier molecular flexibility index (Phi) is 1.22. The van der Waals surface area contributed by atoms with E-state index in [4.69, 9.17) is 0 Å². The summed E-state index contributed by atoms with van der Waals surface area (Å²) in [7, 11) is 0. The first-order valence-corrected chi connectivity index (χ1v) is 3.69. The van der Waals surface area contributed by atoms with Crippen molar-refractivity contribution in [1.82, 2.24) is 5.32 Å². The maximum Gasteiger partial charge on any atom is 0.0926 e. The second-order valence-electron chi connectivity index (χ2n) is 3.25. The second-order valence-corrected chi connectivity index (χ2v) is 3.25. The van der Waals surface area contributed by atoms with Crippen molar-refractivity contribution in [2.75, 3.05) is 13.2 Å². The number of piperidine rings is 1. The van der Waals surface area contributed by atoms with Gasteiger partial charge in [0.25, 0.3) is 0 Å². The molecule has 52 valence electrons. The fourth-order valence-corrected chi connectivity index (χ4v) is 2.14. The average molecular weight is 129 g/mol. The molecule has 2 rings (SSSR count). The number of nitrogens with one attached hydrogen (secondary N) is 1. The van der Waals surface area contributed by atoms with Gasteiger partial charge in [-0.3, -0.25) is 4.39 Å². The molecule has 1 aliphatic carbocycles. The van der Waals surface area contributed by atoms with Crippen LogP contribution in [0.2, 0.25) is 0 Å². The first-order chi connectivity index (χ1) is 4.40. The molecule has 2 bridgehead atoms. The lowest BCUT2D eigenvalue weighted by Crippen LogP contribution is -2.30. The molecule has 9 heavy (non-hydrogen) atoms. The van der Waals surface area contributed by atoms with Crippen LogP contribution in [-0.2, 0) is 0 Å². The Labute approximate surface area is 54.6 Å². The van der Waals surface area contributed by atoms with Crippen molar-refractivity contribution in [3.8, 4) is 0 Å². The third-order valence-corrected chi connectivity index (χ3v) is 2.71. The SMILES string of the molecule is FCC1CC2CC1CN2. The van der Waals surface area contributed by atoms with Crippen molar-refractivity contribution in [3.05, 3.63) is 0 Å². The largest absolute Gasteiger partial charge is 0.314 e. The minimum absolute atomic E-state index is 0.0944. The predicted molar refractivity (Wildman–Crippen MR) is 34.0 cm³/mol. The van der Waals surface area contributed by atoms with Crippen LogP contribution in [0.4, 0.5) is 4.39 Å². The van der Waals surface area contributed by atoms with E-state index in [0.717, 1.165) is 13.0 Å². The summed E-state index contributed by atoms with van der Waals surface area (Å²) < 4.78 is 12.1. The van der Waals surface area contributed by atoms with Gasteiger partial charge in [-0.15, -0.1) is 0 Å². The molecule has 0 amide bonds. The molecule has 1 heterocycles. The first kappa shape index (κ1) is 5.66. The van der Waals surface area contributed by atoms with E-state index in [-0.39, 0.29) is 6.67 Å². The van der Waals surface area contributed by atoms with E-state index in [2.05, 4.69) is 5.32 Å². The summed E-state index contributed by atoms with van der Waals surface area (Å²) in [4.78, 5) is 0. The number of rotatable bonds is 1. The summed E-state index contributed by atoms with van der Waals surface area (Å²) in [6.07, 6.45) is 2.32. The topological polar surface area (TPSA) is 12.0 Å². The quantitative estimate of drug-likeness (QED) is 0.556. The summed E-state index contributed by atoms with van der Waals surface area (Å²) in [5, 5.41) is 3.35. The fraction of sp³-hybridized carbons (Fsp3) is 1.00. The van der Waals surface area contributed by atoms with Crippen molar-refractivity contribution in [3.63, 3.8) is 0 Å². The van der Waals surface area contributed by atoms with Crippen LogP contribution in [0.1, 0.15) is 12.8 Å². The van der Waals surface area contributed by atoms with Crippen LogP contribution in [-0.4, -0.2) is 19.3 Å². The van der Waals surface area contributed by atoms with Crippen molar-refractivity contribution >= 4 is 0 Å². The second kappa shape index (κ2) is 1.94. The van der Waals surface area contributed by atoms with Gasteiger partial charge in [-0.05, 0) is 31.2 Å². The molecule has 1 N–H and O–H groups in total. The van der Waals surface area contributed by atoms with Crippen LogP contribution in [0, 0.1) is 11.8 Å². The van der Waals surface area contributed by atoms with Crippen molar-refractivity contribution in [2.24, 2.45) is 11.8 Å². The highest BCUT2D eigenvalue weighted by Crippen LogP contribution is 2.36. The molecule has 1 saturated carbocycles. The molecule has 3 unspecified atom stereocenters. The Morgan fingerprint density at radius 2 is 2.33 bits per heavy atom. The standard InChI is InChI=1S/C7H12FN/c8-3-5-1-7-2-6(5)4-9-7/h5-7,9H,1-4H2. The van der Waals surface area contributed by atoms with E-state index in [1.807, 2.05) is 0 Å². The first-order valence-electron chi connectivity index (χ1n) is 3.69. The van der Waals surface area contributed by atoms with Crippen molar-refractivity contribution < 1.29 is 4.39 Å². The molecule has 1 saturated heterocycles. The molecule has 0 radical (unpaired) electrons. The Bertz CT molecular complexity index is 115. The smallest absolute Gasteiger partial charge is 0.0926 e. The van der Waals surface area contributed by atoms with Gasteiger partial charge >= 0.3 is 0 Å². The lowest BCUT2D eigenvalue weighted by Gasteiger charge is -2.18. The number of fused-ring (bicyclic) bond motifs is 2. The van der Waals surface area contributed by atoms with Crippen molar-refractivity contribution in [1.29, 1.82) is 0 Å². The molecule has 0 aromatic heterocycles. The minimum Gasteiger partial charge on any atom is -0.314 e. The number of halogens is 1. The lowest BCUT2D eigenvalue weighted by atomic mass is 9.97. The third kappa shape index (κ3) is 0.767. The van der Waals surface area contributed by atoms with E-state index in [9.17, 15) is 4.39 Å². The van der Waals surface area contributed by atoms with Crippen LogP contribution >= 0.6 is 0 Å². The summed E-state index contributed by atoms with van der Waals surface area (Å²) in [5.74, 6) is 1.07. The zero-order valence-electron chi connectivity index (χ0n) is 5.44. The van der Waals surface area contributed by atoms with Gasteiger partial charge in [0.05, 0.1) is 6.67 Å². The van der Waals surface area contributed by atoms with Crippen LogP contribution in [0.5, 0.6) is 0 Å². The molecule has 1 aliphatic heterocycles. The Hall–Kier alpha value is -0.110. The van der Waals surface area contributed by atoms with Gasteiger partial charge in [-0.1, -0.05) is 0 Å². The molecule has 3 atom stereocenters. The van der Waals surface area contributed by atoms with E-state index in [1.54, 1.807) is 0 Å². The van der Waals surface area contributed by atoms with Crippen LogP contribution in [0.15, 0.2) is 0 Å². The molecule has 0 spiro atoms. The summed E-state index contributed by atoms with van der Waals surface area (Å²) >= 11 is 0. The summed E-state index contributed by atoms with van der Waals surface area (Å²) in [5.41, 5.74) is 0. The van der Waals surface area contributed by atoms with E-state index in [1.165, 1.54) is 6.42 Å². The van der Waals surface area contributed by atoms with Gasteiger partial charge in [0.15, 0.2) is 0 Å². The number of hydrogen-bond donors (Lipinski definition) is 1. The van der Waals surface area contributed by atoms with Gasteiger partial charge in [0, 0.05) is 6.04 Å². The van der Waals surface area contributed by atoms with Crippen LogP contribution in [0.25, 0.3) is 0 Å². The predicted octanol–water partition coefficient (Wildman–Crippen LogP) is 0.954. The molecule has 0 aromatic rings. The molecular weight excluding hydrogens is 117 g/mol. The summed E-state index contributed by atoms with van der Waals surface area (Å²) in [6, 6.07) is 0.663. The van der Waals surface area contributed by atoms with Crippen LogP contribution in [0.3, 0.4) is 0 Å². The zero-order chi connectivity index (χ0) is 6.27. The zero-order valence-corrected chi connectivity index (χ0v) is 5.44. The van der Waals surface area contributed by atoms with Gasteiger partial charge in [0.2, 0.25) is 0 Å². The highest BCUT2D eigenvalue weighted by atomic mass is 19.1. The highest BCUT2D eigenvalue weighted by molar-refractivity contribution is 4.94. The van der Waals surface area contributed by atoms with E-state index < -0.39 is 0 Å². The van der Waals surface area contributed by atoms with E-state index >= 15 is 0 Å².